The maximum Gasteiger partial charge on any atom is 0.307 e. The predicted molar refractivity (Wildman–Crippen MR) is 69.4 cm³/mol. The third-order valence-electron chi connectivity index (χ3n) is 4.14. The fraction of sp³-hybridized carbons (Fsp3) is 0.714. The SMILES string of the molecule is O=C(O)[C@H]1CC=CC[C@H]1C(=O)N[C@@H]1CCCC[C@H]1O. The van der Waals surface area contributed by atoms with Gasteiger partial charge in [0.05, 0.1) is 24.0 Å². The molecule has 5 nitrogen and oxygen atoms in total. The molecule has 0 saturated heterocycles. The van der Waals surface area contributed by atoms with Crippen molar-refractivity contribution in [2.24, 2.45) is 11.8 Å². The van der Waals surface area contributed by atoms with Crippen molar-refractivity contribution in [2.75, 3.05) is 0 Å². The summed E-state index contributed by atoms with van der Waals surface area (Å²) in [4.78, 5) is 23.4. The number of carboxylic acids is 1. The Kier molecular flexibility index (Phi) is 4.58. The molecule has 0 radical (unpaired) electrons. The van der Waals surface area contributed by atoms with E-state index in [0.29, 0.717) is 19.3 Å². The number of carbonyl (C=O) groups is 2. The van der Waals surface area contributed by atoms with Crippen LogP contribution in [0.3, 0.4) is 0 Å². The maximum atomic E-state index is 12.2. The first kappa shape index (κ1) is 14.1. The monoisotopic (exact) mass is 267 g/mol. The van der Waals surface area contributed by atoms with Crippen LogP contribution in [0.2, 0.25) is 0 Å². The Morgan fingerprint density at radius 3 is 2.32 bits per heavy atom. The second-order valence-corrected chi connectivity index (χ2v) is 5.46. The zero-order valence-electron chi connectivity index (χ0n) is 10.9. The Morgan fingerprint density at radius 1 is 1.05 bits per heavy atom. The minimum atomic E-state index is -0.923. The van der Waals surface area contributed by atoms with Gasteiger partial charge in [-0.15, -0.1) is 0 Å². The van der Waals surface area contributed by atoms with E-state index in [-0.39, 0.29) is 11.9 Å². The van der Waals surface area contributed by atoms with Crippen molar-refractivity contribution in [2.45, 2.75) is 50.7 Å². The van der Waals surface area contributed by atoms with Gasteiger partial charge in [-0.1, -0.05) is 25.0 Å². The molecule has 0 aromatic rings. The Balaban J connectivity index is 1.97. The van der Waals surface area contributed by atoms with E-state index in [9.17, 15) is 14.7 Å². The first-order valence-electron chi connectivity index (χ1n) is 6.96. The van der Waals surface area contributed by atoms with E-state index in [2.05, 4.69) is 5.32 Å². The summed E-state index contributed by atoms with van der Waals surface area (Å²) in [6, 6.07) is -0.221. The first-order chi connectivity index (χ1) is 9.09. The summed E-state index contributed by atoms with van der Waals surface area (Å²) >= 11 is 0. The summed E-state index contributed by atoms with van der Waals surface area (Å²) in [7, 11) is 0. The van der Waals surface area contributed by atoms with Gasteiger partial charge in [0.15, 0.2) is 0 Å². The summed E-state index contributed by atoms with van der Waals surface area (Å²) in [6.45, 7) is 0. The van der Waals surface area contributed by atoms with E-state index >= 15 is 0 Å². The number of rotatable bonds is 3. The molecule has 0 spiro atoms. The molecular formula is C14H21NO4. The van der Waals surface area contributed by atoms with Gasteiger partial charge in [0, 0.05) is 0 Å². The van der Waals surface area contributed by atoms with Crippen molar-refractivity contribution in [3.8, 4) is 0 Å². The van der Waals surface area contributed by atoms with E-state index in [1.54, 1.807) is 0 Å². The van der Waals surface area contributed by atoms with Crippen LogP contribution in [-0.2, 0) is 9.59 Å². The molecule has 5 heteroatoms. The minimum Gasteiger partial charge on any atom is -0.481 e. The van der Waals surface area contributed by atoms with Gasteiger partial charge in [-0.3, -0.25) is 9.59 Å². The van der Waals surface area contributed by atoms with Gasteiger partial charge in [-0.2, -0.15) is 0 Å². The van der Waals surface area contributed by atoms with E-state index in [0.717, 1.165) is 19.3 Å². The normalized spacial score (nSPS) is 34.8. The number of hydrogen-bond donors (Lipinski definition) is 3. The van der Waals surface area contributed by atoms with Crippen molar-refractivity contribution in [3.05, 3.63) is 12.2 Å². The van der Waals surface area contributed by atoms with Gasteiger partial charge in [-0.05, 0) is 25.7 Å². The van der Waals surface area contributed by atoms with Gasteiger partial charge in [-0.25, -0.2) is 0 Å². The lowest BCUT2D eigenvalue weighted by atomic mass is 9.82. The second-order valence-electron chi connectivity index (χ2n) is 5.46. The lowest BCUT2D eigenvalue weighted by molar-refractivity contribution is -0.147. The molecule has 1 amide bonds. The molecule has 0 unspecified atom stereocenters. The number of carboxylic acid groups (broad SMARTS) is 1. The van der Waals surface area contributed by atoms with Gasteiger partial charge in [0.25, 0.3) is 0 Å². The highest BCUT2D eigenvalue weighted by Crippen LogP contribution is 2.27. The van der Waals surface area contributed by atoms with Crippen molar-refractivity contribution in [3.63, 3.8) is 0 Å². The van der Waals surface area contributed by atoms with Crippen molar-refractivity contribution in [1.82, 2.24) is 5.32 Å². The summed E-state index contributed by atoms with van der Waals surface area (Å²) in [6.07, 6.45) is 7.50. The molecule has 2 aliphatic rings. The molecule has 0 aromatic carbocycles. The molecular weight excluding hydrogens is 246 g/mol. The first-order valence-corrected chi connectivity index (χ1v) is 6.96. The molecule has 3 N–H and O–H groups in total. The Labute approximate surface area is 112 Å². The number of aliphatic carboxylic acids is 1. The summed E-state index contributed by atoms with van der Waals surface area (Å²) in [5.41, 5.74) is 0. The van der Waals surface area contributed by atoms with E-state index in [1.807, 2.05) is 12.2 Å². The van der Waals surface area contributed by atoms with Crippen LogP contribution in [0.15, 0.2) is 12.2 Å². The van der Waals surface area contributed by atoms with Gasteiger partial charge in [0.1, 0.15) is 0 Å². The number of aliphatic hydroxyl groups excluding tert-OH is 1. The van der Waals surface area contributed by atoms with Crippen LogP contribution in [0, 0.1) is 11.8 Å². The quantitative estimate of drug-likeness (QED) is 0.668. The van der Waals surface area contributed by atoms with Crippen molar-refractivity contribution < 1.29 is 19.8 Å². The molecule has 4 atom stereocenters. The number of carbonyl (C=O) groups excluding carboxylic acids is 1. The average Bonchev–Trinajstić information content (AvgIpc) is 2.41. The minimum absolute atomic E-state index is 0.221. The maximum absolute atomic E-state index is 12.2. The van der Waals surface area contributed by atoms with Crippen molar-refractivity contribution >= 4 is 11.9 Å². The lowest BCUT2D eigenvalue weighted by Gasteiger charge is -2.31. The fourth-order valence-corrected chi connectivity index (χ4v) is 2.95. The van der Waals surface area contributed by atoms with E-state index in [1.165, 1.54) is 0 Å². The van der Waals surface area contributed by atoms with E-state index in [4.69, 9.17) is 5.11 Å². The highest BCUT2D eigenvalue weighted by Gasteiger charge is 2.35. The van der Waals surface area contributed by atoms with E-state index < -0.39 is 23.9 Å². The molecule has 19 heavy (non-hydrogen) atoms. The molecule has 0 aliphatic heterocycles. The Bertz CT molecular complexity index is 380. The zero-order valence-corrected chi connectivity index (χ0v) is 10.9. The van der Waals surface area contributed by atoms with Crippen molar-refractivity contribution in [1.29, 1.82) is 0 Å². The largest absolute Gasteiger partial charge is 0.481 e. The smallest absolute Gasteiger partial charge is 0.307 e. The van der Waals surface area contributed by atoms with Crippen LogP contribution in [0.4, 0.5) is 0 Å². The predicted octanol–water partition coefficient (Wildman–Crippen LogP) is 1.07. The molecule has 0 aromatic heterocycles. The summed E-state index contributed by atoms with van der Waals surface area (Å²) < 4.78 is 0. The van der Waals surface area contributed by atoms with Gasteiger partial charge < -0.3 is 15.5 Å². The summed E-state index contributed by atoms with van der Waals surface area (Å²) in [5, 5.41) is 21.8. The molecule has 0 heterocycles. The molecule has 2 aliphatic carbocycles. The van der Waals surface area contributed by atoms with Crippen LogP contribution in [-0.4, -0.2) is 34.2 Å². The number of amides is 1. The number of aliphatic hydroxyl groups is 1. The third-order valence-corrected chi connectivity index (χ3v) is 4.14. The molecule has 106 valence electrons. The highest BCUT2D eigenvalue weighted by molar-refractivity contribution is 5.85. The standard InChI is InChI=1S/C14H21NO4/c16-12-8-4-3-7-11(12)15-13(17)9-5-1-2-6-10(9)14(18)19/h1-2,9-12,16H,3-8H2,(H,15,17)(H,18,19)/t9-,10+,11-,12-/m1/s1. The summed E-state index contributed by atoms with van der Waals surface area (Å²) in [5.74, 6) is -2.32. The molecule has 1 fully saturated rings. The topological polar surface area (TPSA) is 86.6 Å². The van der Waals surface area contributed by atoms with Crippen LogP contribution in [0.25, 0.3) is 0 Å². The Morgan fingerprint density at radius 2 is 1.68 bits per heavy atom. The highest BCUT2D eigenvalue weighted by atomic mass is 16.4. The zero-order chi connectivity index (χ0) is 13.8. The average molecular weight is 267 g/mol. The molecule has 2 rings (SSSR count). The lowest BCUT2D eigenvalue weighted by Crippen LogP contribution is -2.49. The molecule has 1 saturated carbocycles. The fourth-order valence-electron chi connectivity index (χ4n) is 2.95. The van der Waals surface area contributed by atoms with Crippen LogP contribution < -0.4 is 5.32 Å². The Hall–Kier alpha value is -1.36. The van der Waals surface area contributed by atoms with Gasteiger partial charge in [0.2, 0.25) is 5.91 Å². The van der Waals surface area contributed by atoms with Crippen LogP contribution in [0.1, 0.15) is 38.5 Å². The van der Waals surface area contributed by atoms with Gasteiger partial charge >= 0.3 is 5.97 Å². The molecule has 0 bridgehead atoms. The van der Waals surface area contributed by atoms with Crippen LogP contribution in [0.5, 0.6) is 0 Å². The number of nitrogens with one attached hydrogen (secondary N) is 1. The van der Waals surface area contributed by atoms with Crippen LogP contribution >= 0.6 is 0 Å². The number of hydrogen-bond acceptors (Lipinski definition) is 3. The number of allylic oxidation sites excluding steroid dienone is 2. The second kappa shape index (κ2) is 6.19. The third kappa shape index (κ3) is 3.35.